The Bertz CT molecular complexity index is 410. The first-order valence-corrected chi connectivity index (χ1v) is 5.80. The van der Waals surface area contributed by atoms with Gasteiger partial charge in [-0.15, -0.1) is 0 Å². The Morgan fingerprint density at radius 1 is 1.53 bits per heavy atom. The van der Waals surface area contributed by atoms with Gasteiger partial charge in [0, 0.05) is 19.2 Å². The van der Waals surface area contributed by atoms with Crippen LogP contribution in [0.2, 0.25) is 0 Å². The molecule has 0 amide bonds. The normalized spacial score (nSPS) is 11.9. The van der Waals surface area contributed by atoms with Crippen molar-refractivity contribution in [1.82, 2.24) is 9.97 Å². The molecule has 5 nitrogen and oxygen atoms in total. The number of nitrogen functional groups attached to an aromatic ring is 1. The van der Waals surface area contributed by atoms with E-state index in [1.54, 1.807) is 0 Å². The van der Waals surface area contributed by atoms with Crippen molar-refractivity contribution in [3.05, 3.63) is 11.9 Å². The maximum Gasteiger partial charge on any atom is 0.137 e. The summed E-state index contributed by atoms with van der Waals surface area (Å²) >= 11 is 0. The first-order chi connectivity index (χ1) is 8.10. The number of hydrogen-bond acceptors (Lipinski definition) is 5. The van der Waals surface area contributed by atoms with Gasteiger partial charge in [0.25, 0.3) is 0 Å². The van der Waals surface area contributed by atoms with Crippen molar-refractivity contribution in [2.24, 2.45) is 5.92 Å². The van der Waals surface area contributed by atoms with Gasteiger partial charge in [-0.3, -0.25) is 0 Å². The number of nitriles is 1. The minimum absolute atomic E-state index is 0.0364. The summed E-state index contributed by atoms with van der Waals surface area (Å²) in [6, 6.07) is 2.22. The Balaban J connectivity index is 2.96. The van der Waals surface area contributed by atoms with Crippen LogP contribution in [0.25, 0.3) is 0 Å². The highest BCUT2D eigenvalue weighted by Crippen LogP contribution is 2.22. The Hall–Kier alpha value is -1.83. The van der Waals surface area contributed by atoms with E-state index in [1.165, 1.54) is 6.33 Å². The standard InChI is InChI=1S/C12H19N5/c1-4-5-10-11(14)15-8-16-12(10)17(3)7-9(2)6-13/h8-9H,4-5,7H2,1-3H3,(H2,14,15,16). The van der Waals surface area contributed by atoms with E-state index in [-0.39, 0.29) is 5.92 Å². The molecule has 1 atom stereocenters. The maximum absolute atomic E-state index is 8.82. The third kappa shape index (κ3) is 3.31. The second-order valence-corrected chi connectivity index (χ2v) is 4.22. The third-order valence-corrected chi connectivity index (χ3v) is 2.59. The first-order valence-electron chi connectivity index (χ1n) is 5.80. The molecule has 0 spiro atoms. The van der Waals surface area contributed by atoms with Crippen LogP contribution in [0.4, 0.5) is 11.6 Å². The molecule has 1 aromatic heterocycles. The predicted molar refractivity (Wildman–Crippen MR) is 68.5 cm³/mol. The molecule has 1 unspecified atom stereocenters. The second kappa shape index (κ2) is 6.04. The molecule has 17 heavy (non-hydrogen) atoms. The van der Waals surface area contributed by atoms with Crippen LogP contribution in [0.15, 0.2) is 6.33 Å². The summed E-state index contributed by atoms with van der Waals surface area (Å²) in [6.45, 7) is 4.62. The third-order valence-electron chi connectivity index (χ3n) is 2.59. The van der Waals surface area contributed by atoms with E-state index in [4.69, 9.17) is 11.0 Å². The summed E-state index contributed by atoms with van der Waals surface area (Å²) in [5, 5.41) is 8.82. The average molecular weight is 233 g/mol. The van der Waals surface area contributed by atoms with Gasteiger partial charge in [0.2, 0.25) is 0 Å². The highest BCUT2D eigenvalue weighted by molar-refractivity contribution is 5.56. The van der Waals surface area contributed by atoms with Crippen LogP contribution in [-0.2, 0) is 6.42 Å². The molecular weight excluding hydrogens is 214 g/mol. The molecule has 1 rings (SSSR count). The van der Waals surface area contributed by atoms with Crippen molar-refractivity contribution in [3.63, 3.8) is 0 Å². The summed E-state index contributed by atoms with van der Waals surface area (Å²) < 4.78 is 0. The molecule has 0 saturated carbocycles. The fourth-order valence-electron chi connectivity index (χ4n) is 1.77. The second-order valence-electron chi connectivity index (χ2n) is 4.22. The van der Waals surface area contributed by atoms with Gasteiger partial charge >= 0.3 is 0 Å². The summed E-state index contributed by atoms with van der Waals surface area (Å²) in [7, 11) is 1.93. The largest absolute Gasteiger partial charge is 0.383 e. The SMILES string of the molecule is CCCc1c(N)ncnc1N(C)CC(C)C#N. The number of anilines is 2. The van der Waals surface area contributed by atoms with Gasteiger partial charge in [0.1, 0.15) is 18.0 Å². The zero-order valence-corrected chi connectivity index (χ0v) is 10.6. The van der Waals surface area contributed by atoms with E-state index in [9.17, 15) is 0 Å². The Morgan fingerprint density at radius 3 is 2.82 bits per heavy atom. The molecule has 0 aromatic carbocycles. The lowest BCUT2D eigenvalue weighted by atomic mass is 10.1. The van der Waals surface area contributed by atoms with E-state index in [0.29, 0.717) is 12.4 Å². The van der Waals surface area contributed by atoms with Crippen molar-refractivity contribution < 1.29 is 0 Å². The van der Waals surface area contributed by atoms with E-state index in [1.807, 2.05) is 18.9 Å². The predicted octanol–water partition coefficient (Wildman–Crippen LogP) is 1.61. The maximum atomic E-state index is 8.82. The molecule has 0 fully saturated rings. The zero-order valence-electron chi connectivity index (χ0n) is 10.6. The van der Waals surface area contributed by atoms with Gasteiger partial charge in [0.15, 0.2) is 0 Å². The molecule has 1 aromatic rings. The van der Waals surface area contributed by atoms with Crippen LogP contribution in [-0.4, -0.2) is 23.6 Å². The quantitative estimate of drug-likeness (QED) is 0.835. The van der Waals surface area contributed by atoms with Crippen LogP contribution in [0.5, 0.6) is 0 Å². The lowest BCUT2D eigenvalue weighted by molar-refractivity contribution is 0.704. The molecule has 0 aliphatic rings. The Kier molecular flexibility index (Phi) is 4.70. The number of hydrogen-bond donors (Lipinski definition) is 1. The Labute approximate surface area is 102 Å². The molecule has 0 aliphatic carbocycles. The van der Waals surface area contributed by atoms with Gasteiger partial charge in [-0.05, 0) is 13.3 Å². The average Bonchev–Trinajstić information content (AvgIpc) is 2.31. The molecular formula is C12H19N5. The van der Waals surface area contributed by atoms with Crippen molar-refractivity contribution in [2.45, 2.75) is 26.7 Å². The molecule has 0 aliphatic heterocycles. The highest BCUT2D eigenvalue weighted by Gasteiger charge is 2.14. The summed E-state index contributed by atoms with van der Waals surface area (Å²) in [4.78, 5) is 10.3. The van der Waals surface area contributed by atoms with Crippen molar-refractivity contribution in [2.75, 3.05) is 24.2 Å². The molecule has 2 N–H and O–H groups in total. The van der Waals surface area contributed by atoms with Gasteiger partial charge < -0.3 is 10.6 Å². The van der Waals surface area contributed by atoms with Crippen LogP contribution in [0.3, 0.4) is 0 Å². The Morgan fingerprint density at radius 2 is 2.24 bits per heavy atom. The smallest absolute Gasteiger partial charge is 0.137 e. The van der Waals surface area contributed by atoms with Gasteiger partial charge in [-0.1, -0.05) is 13.3 Å². The molecule has 0 bridgehead atoms. The van der Waals surface area contributed by atoms with Crippen molar-refractivity contribution >= 4 is 11.6 Å². The van der Waals surface area contributed by atoms with Gasteiger partial charge in [-0.25, -0.2) is 9.97 Å². The minimum atomic E-state index is -0.0364. The van der Waals surface area contributed by atoms with Crippen LogP contribution < -0.4 is 10.6 Å². The number of nitrogens with zero attached hydrogens (tertiary/aromatic N) is 4. The van der Waals surface area contributed by atoms with Crippen LogP contribution >= 0.6 is 0 Å². The number of nitrogens with two attached hydrogens (primary N) is 1. The highest BCUT2D eigenvalue weighted by atomic mass is 15.2. The fourth-order valence-corrected chi connectivity index (χ4v) is 1.77. The van der Waals surface area contributed by atoms with Gasteiger partial charge in [0.05, 0.1) is 12.0 Å². The first kappa shape index (κ1) is 13.2. The van der Waals surface area contributed by atoms with Crippen molar-refractivity contribution in [3.8, 4) is 6.07 Å². The molecule has 5 heteroatoms. The van der Waals surface area contributed by atoms with E-state index < -0.39 is 0 Å². The summed E-state index contributed by atoms with van der Waals surface area (Å²) in [5.41, 5.74) is 6.84. The summed E-state index contributed by atoms with van der Waals surface area (Å²) in [6.07, 6.45) is 3.32. The van der Waals surface area contributed by atoms with E-state index >= 15 is 0 Å². The lowest BCUT2D eigenvalue weighted by Crippen LogP contribution is -2.26. The van der Waals surface area contributed by atoms with Crippen LogP contribution in [0.1, 0.15) is 25.8 Å². The number of aromatic nitrogens is 2. The monoisotopic (exact) mass is 233 g/mol. The molecule has 1 heterocycles. The van der Waals surface area contributed by atoms with Crippen molar-refractivity contribution in [1.29, 1.82) is 5.26 Å². The van der Waals surface area contributed by atoms with E-state index in [0.717, 1.165) is 24.2 Å². The fraction of sp³-hybridized carbons (Fsp3) is 0.583. The molecule has 0 radical (unpaired) electrons. The zero-order chi connectivity index (χ0) is 12.8. The van der Waals surface area contributed by atoms with E-state index in [2.05, 4.69) is 23.0 Å². The summed E-state index contributed by atoms with van der Waals surface area (Å²) in [5.74, 6) is 1.33. The lowest BCUT2D eigenvalue weighted by Gasteiger charge is -2.22. The molecule has 0 saturated heterocycles. The molecule has 92 valence electrons. The topological polar surface area (TPSA) is 78.8 Å². The van der Waals surface area contributed by atoms with Gasteiger partial charge in [-0.2, -0.15) is 5.26 Å². The minimum Gasteiger partial charge on any atom is -0.383 e. The van der Waals surface area contributed by atoms with Crippen LogP contribution in [0, 0.1) is 17.2 Å². The number of rotatable bonds is 5.